The number of hydrogen-bond donors (Lipinski definition) is 11. The molecule has 1 aromatic carbocycles. The number of hydrogen-bond acceptors (Lipinski definition) is 19. The van der Waals surface area contributed by atoms with Crippen molar-refractivity contribution in [1.82, 2.24) is 29.5 Å². The largest absolute Gasteiger partial charge is 0.481 e. The minimum Gasteiger partial charge on any atom is -0.388 e. The fraction of sp³-hybridized carbons (Fsp3) is 0.444. The predicted octanol–water partition coefficient (Wildman–Crippen LogP) is -1.75. The number of benzene rings is 1. The predicted molar refractivity (Wildman–Crippen MR) is 180 cm³/mol. The van der Waals surface area contributed by atoms with Gasteiger partial charge in [-0.2, -0.15) is 4.31 Å². The molecule has 4 aromatic rings. The molecule has 0 bridgehead atoms. The highest BCUT2D eigenvalue weighted by atomic mass is 31.3. The number of nitrogens with one attached hydrogen (secondary N) is 3. The van der Waals surface area contributed by atoms with Gasteiger partial charge in [0.2, 0.25) is 0 Å². The molecule has 12 N–H and O–H groups in total. The number of H-pyrrole nitrogens is 2. The number of imidazole rings is 1. The Morgan fingerprint density at radius 1 is 0.981 bits per heavy atom. The van der Waals surface area contributed by atoms with Crippen LogP contribution in [0.4, 0.5) is 28.7 Å². The Hall–Kier alpha value is -4.13. The van der Waals surface area contributed by atoms with Crippen molar-refractivity contribution in [2.75, 3.05) is 35.7 Å². The molecule has 3 aromatic heterocycles. The van der Waals surface area contributed by atoms with Crippen molar-refractivity contribution in [3.8, 4) is 0 Å². The second-order valence-electron chi connectivity index (χ2n) is 12.2. The number of aliphatic hydroxyl groups is 5. The van der Waals surface area contributed by atoms with Crippen LogP contribution in [0.3, 0.4) is 0 Å². The number of ether oxygens (including phenoxy) is 1. The number of aromatic amines is 2. The molecule has 0 radical (unpaired) electrons. The van der Waals surface area contributed by atoms with Crippen molar-refractivity contribution in [3.05, 3.63) is 56.8 Å². The summed E-state index contributed by atoms with van der Waals surface area (Å²) in [4.78, 5) is 62.6. The Kier molecular flexibility index (Phi) is 10.6. The molecule has 0 saturated carbocycles. The summed E-state index contributed by atoms with van der Waals surface area (Å²) in [6.45, 7) is 0.917. The van der Waals surface area contributed by atoms with E-state index in [4.69, 9.17) is 15.0 Å². The molecule has 0 spiro atoms. The molecule has 2 aliphatic heterocycles. The minimum atomic E-state index is -5.53. The summed E-state index contributed by atoms with van der Waals surface area (Å²) in [5.74, 6) is -0.0296. The average Bonchev–Trinajstić information content (AvgIpc) is 3.63. The number of nitrogens with two attached hydrogens (primary N) is 1. The smallest absolute Gasteiger partial charge is 0.388 e. The first-order valence-electron chi connectivity index (χ1n) is 15.5. The SMILES string of the molecule is Cc1cc2c(cc1C)N(CC(O)C(O)C(O)COP(=O)(O)OP(=O)(O)OC[C@H]1O[C@@H](n3cnc4c(N)ncnc43)[C@H](O)[C@@H]1O)c1[nH]c(=O)[nH]c(=O)c1N2. The van der Waals surface area contributed by atoms with Gasteiger partial charge >= 0.3 is 21.3 Å². The topological polar surface area (TPSA) is 363 Å². The van der Waals surface area contributed by atoms with E-state index in [-0.39, 0.29) is 28.5 Å². The van der Waals surface area contributed by atoms with Crippen LogP contribution < -0.4 is 27.2 Å². The molecular formula is C27H35N9O15P2. The van der Waals surface area contributed by atoms with Gasteiger partial charge in [-0.05, 0) is 37.1 Å². The van der Waals surface area contributed by atoms with Gasteiger partial charge in [-0.1, -0.05) is 0 Å². The van der Waals surface area contributed by atoms with Crippen LogP contribution in [0.1, 0.15) is 17.4 Å². The fourth-order valence-corrected chi connectivity index (χ4v) is 7.78. The molecule has 5 heterocycles. The molecule has 24 nitrogen and oxygen atoms in total. The molecule has 9 atom stereocenters. The van der Waals surface area contributed by atoms with E-state index < -0.39 is 89.5 Å². The van der Waals surface area contributed by atoms with Crippen molar-refractivity contribution in [1.29, 1.82) is 0 Å². The van der Waals surface area contributed by atoms with Crippen molar-refractivity contribution in [2.45, 2.75) is 56.7 Å². The van der Waals surface area contributed by atoms with Gasteiger partial charge < -0.3 is 56.0 Å². The number of phosphoric acid groups is 2. The summed E-state index contributed by atoms with van der Waals surface area (Å²) < 4.78 is 45.4. The van der Waals surface area contributed by atoms with Gasteiger partial charge in [0.05, 0.1) is 37.5 Å². The third-order valence-electron chi connectivity index (χ3n) is 8.53. The molecule has 2 aliphatic rings. The van der Waals surface area contributed by atoms with E-state index in [2.05, 4.69) is 39.1 Å². The Labute approximate surface area is 296 Å². The van der Waals surface area contributed by atoms with E-state index in [1.807, 2.05) is 6.92 Å². The number of aliphatic hydroxyl groups excluding tert-OH is 5. The Balaban J connectivity index is 1.05. The first kappa shape index (κ1) is 38.6. The van der Waals surface area contributed by atoms with Crippen molar-refractivity contribution in [2.24, 2.45) is 0 Å². The van der Waals surface area contributed by atoms with Crippen molar-refractivity contribution < 1.29 is 62.5 Å². The highest BCUT2D eigenvalue weighted by Crippen LogP contribution is 2.60. The van der Waals surface area contributed by atoms with Gasteiger partial charge in [-0.3, -0.25) is 28.4 Å². The lowest BCUT2D eigenvalue weighted by molar-refractivity contribution is -0.0719. The number of rotatable bonds is 13. The van der Waals surface area contributed by atoms with Crippen LogP contribution >= 0.6 is 15.6 Å². The van der Waals surface area contributed by atoms with Crippen molar-refractivity contribution >= 4 is 55.5 Å². The molecule has 26 heteroatoms. The molecule has 0 aliphatic carbocycles. The van der Waals surface area contributed by atoms with Crippen LogP contribution in [0, 0.1) is 13.8 Å². The summed E-state index contributed by atoms with van der Waals surface area (Å²) in [6, 6.07) is 3.42. The monoisotopic (exact) mass is 787 g/mol. The fourth-order valence-electron chi connectivity index (χ4n) is 5.68. The lowest BCUT2D eigenvalue weighted by atomic mass is 10.0. The highest BCUT2D eigenvalue weighted by molar-refractivity contribution is 7.61. The maximum atomic E-state index is 12.6. The molecule has 1 saturated heterocycles. The third kappa shape index (κ3) is 7.91. The zero-order valence-electron chi connectivity index (χ0n) is 27.6. The summed E-state index contributed by atoms with van der Waals surface area (Å²) in [7, 11) is -11.0. The Morgan fingerprint density at radius 2 is 1.68 bits per heavy atom. The van der Waals surface area contributed by atoms with Gasteiger partial charge in [-0.15, -0.1) is 0 Å². The molecule has 53 heavy (non-hydrogen) atoms. The second-order valence-corrected chi connectivity index (χ2v) is 15.2. The number of β-amino-alcohol motifs (C(OH)–C–C–N with tert-alkyl or cyclic N) is 1. The minimum absolute atomic E-state index is 0.0315. The number of nitrogens with zero attached hydrogens (tertiary/aromatic N) is 5. The Morgan fingerprint density at radius 3 is 2.42 bits per heavy atom. The van der Waals surface area contributed by atoms with Crippen LogP contribution in [0.25, 0.3) is 11.2 Å². The second kappa shape index (κ2) is 14.6. The van der Waals surface area contributed by atoms with E-state index in [1.165, 1.54) is 15.8 Å². The van der Waals surface area contributed by atoms with E-state index in [9.17, 15) is 54.0 Å². The molecule has 288 valence electrons. The van der Waals surface area contributed by atoms with Crippen LogP contribution in [0.2, 0.25) is 0 Å². The summed E-state index contributed by atoms with van der Waals surface area (Å²) in [6.07, 6.45) is -9.84. The Bertz CT molecular complexity index is 2230. The number of aryl methyl sites for hydroxylation is 2. The number of anilines is 5. The van der Waals surface area contributed by atoms with Gasteiger partial charge in [-0.25, -0.2) is 28.9 Å². The quantitative estimate of drug-likeness (QED) is 0.0669. The first-order valence-corrected chi connectivity index (χ1v) is 18.5. The standard InChI is InChI=1S/C27H35N9O15P2/c1-10-3-12-13(4-11(10)2)35(24-18(32-12)25(42)34-27(43)33-24)5-14(37)19(39)15(38)6-48-52(44,45)51-53(46,47)49-7-16-20(40)21(41)26(50-16)36-9-31-17-22(28)29-8-30-23(17)36/h3-4,8-9,14-16,19-21,26,32,37-41H,5-7H2,1-2H3,(H,44,45)(H,46,47)(H2,28,29,30)(H2,33,34,42,43)/t14?,15?,16-,19?,20-,21-,26-/m1/s1. The van der Waals surface area contributed by atoms with E-state index in [1.54, 1.807) is 19.1 Å². The molecule has 5 unspecified atom stereocenters. The number of fused-ring (bicyclic) bond motifs is 3. The van der Waals surface area contributed by atoms with E-state index in [0.29, 0.717) is 11.4 Å². The van der Waals surface area contributed by atoms with Crippen molar-refractivity contribution in [3.63, 3.8) is 0 Å². The zero-order chi connectivity index (χ0) is 38.6. The van der Waals surface area contributed by atoms with Crippen LogP contribution in [0.15, 0.2) is 34.4 Å². The molecule has 0 amide bonds. The van der Waals surface area contributed by atoms with E-state index in [0.717, 1.165) is 17.5 Å². The zero-order valence-corrected chi connectivity index (χ0v) is 29.4. The average molecular weight is 788 g/mol. The first-order chi connectivity index (χ1) is 24.9. The normalized spacial score (nSPS) is 23.8. The van der Waals surface area contributed by atoms with Gasteiger partial charge in [0.25, 0.3) is 5.56 Å². The summed E-state index contributed by atoms with van der Waals surface area (Å²) in [5.41, 5.74) is 6.84. The molecule has 6 rings (SSSR count). The maximum Gasteiger partial charge on any atom is 0.481 e. The van der Waals surface area contributed by atoms with Crippen LogP contribution in [-0.4, -0.2) is 121 Å². The maximum absolute atomic E-state index is 12.6. The highest BCUT2D eigenvalue weighted by Gasteiger charge is 2.46. The van der Waals surface area contributed by atoms with Gasteiger partial charge in [0, 0.05) is 0 Å². The number of phosphoric ester groups is 2. The number of aromatic nitrogens is 6. The molecule has 1 fully saturated rings. The molecular weight excluding hydrogens is 752 g/mol. The summed E-state index contributed by atoms with van der Waals surface area (Å²) >= 11 is 0. The van der Waals surface area contributed by atoms with Gasteiger partial charge in [0.1, 0.15) is 60.0 Å². The van der Waals surface area contributed by atoms with Crippen LogP contribution in [0.5, 0.6) is 0 Å². The van der Waals surface area contributed by atoms with Gasteiger partial charge in [0.15, 0.2) is 17.7 Å². The summed E-state index contributed by atoms with van der Waals surface area (Å²) in [5, 5.41) is 56.0. The lowest BCUT2D eigenvalue weighted by Gasteiger charge is -2.35. The lowest BCUT2D eigenvalue weighted by Crippen LogP contribution is -2.46. The third-order valence-corrected chi connectivity index (χ3v) is 11.1. The number of nitrogen functional groups attached to an aromatic ring is 1. The van der Waals surface area contributed by atoms with E-state index >= 15 is 0 Å². The van der Waals surface area contributed by atoms with Crippen LogP contribution in [-0.2, 0) is 27.2 Å².